The lowest BCUT2D eigenvalue weighted by Gasteiger charge is -2.14. The zero-order valence-corrected chi connectivity index (χ0v) is 15.1. The molecule has 0 nitrogen and oxygen atoms in total. The van der Waals surface area contributed by atoms with Crippen molar-refractivity contribution in [2.24, 2.45) is 0 Å². The highest BCUT2D eigenvalue weighted by Crippen LogP contribution is 2.36. The van der Waals surface area contributed by atoms with Crippen LogP contribution in [0.3, 0.4) is 0 Å². The molecule has 0 saturated carbocycles. The lowest BCUT2D eigenvalue weighted by atomic mass is 9.99. The van der Waals surface area contributed by atoms with Crippen LogP contribution in [0.25, 0.3) is 0 Å². The Morgan fingerprint density at radius 2 is 1.23 bits per heavy atom. The van der Waals surface area contributed by atoms with Crippen LogP contribution in [0.1, 0.15) is 22.3 Å². The van der Waals surface area contributed by atoms with E-state index in [0.717, 1.165) is 0 Å². The Balaban J connectivity index is 2.27. The lowest BCUT2D eigenvalue weighted by Crippen LogP contribution is -2.13. The molecule has 2 aromatic carbocycles. The number of benzene rings is 2. The van der Waals surface area contributed by atoms with E-state index in [1.165, 1.54) is 6.07 Å². The quantitative estimate of drug-likeness (QED) is 0.365. The van der Waals surface area contributed by atoms with E-state index in [1.54, 1.807) is 12.1 Å². The molecule has 26 heavy (non-hydrogen) atoms. The minimum Gasteiger partial charge on any atom is -0.166 e. The summed E-state index contributed by atoms with van der Waals surface area (Å²) in [6.07, 6.45) is -9.81. The summed E-state index contributed by atoms with van der Waals surface area (Å²) in [7, 11) is 0. The molecule has 0 spiro atoms. The van der Waals surface area contributed by atoms with Gasteiger partial charge in [-0.25, -0.2) is 0 Å². The van der Waals surface area contributed by atoms with Gasteiger partial charge in [0.1, 0.15) is 0 Å². The molecule has 0 unspecified atom stereocenters. The second kappa shape index (κ2) is 7.74. The zero-order valence-electron chi connectivity index (χ0n) is 12.8. The number of thiocarbonyl (C=S) groups is 1. The van der Waals surface area contributed by atoms with Gasteiger partial charge in [-0.3, -0.25) is 0 Å². The van der Waals surface area contributed by atoms with Gasteiger partial charge in [0.25, 0.3) is 0 Å². The Labute approximate surface area is 160 Å². The third-order valence-corrected chi connectivity index (χ3v) is 4.46. The minimum absolute atomic E-state index is 0.0888. The summed E-state index contributed by atoms with van der Waals surface area (Å²) < 4.78 is 77.3. The fraction of sp³-hybridized carbons (Fsp3) is 0.235. The monoisotopic (exact) mass is 430 g/mol. The molecule has 0 aromatic heterocycles. The molecular formula is C17H10Cl2F6S. The molecule has 0 aliphatic carbocycles. The van der Waals surface area contributed by atoms with Crippen molar-refractivity contribution >= 4 is 40.3 Å². The molecule has 0 aliphatic rings. The number of hydrogen-bond donors (Lipinski definition) is 0. The maximum atomic E-state index is 12.9. The van der Waals surface area contributed by atoms with E-state index in [1.807, 2.05) is 0 Å². The summed E-state index contributed by atoms with van der Waals surface area (Å²) in [6.45, 7) is 0. The predicted molar refractivity (Wildman–Crippen MR) is 92.9 cm³/mol. The van der Waals surface area contributed by atoms with Gasteiger partial charge < -0.3 is 0 Å². The summed E-state index contributed by atoms with van der Waals surface area (Å²) in [5.41, 5.74) is -2.22. The number of rotatable bonds is 4. The first-order chi connectivity index (χ1) is 11.9. The van der Waals surface area contributed by atoms with Gasteiger partial charge in [0.15, 0.2) is 0 Å². The van der Waals surface area contributed by atoms with Gasteiger partial charge in [-0.2, -0.15) is 26.3 Å². The molecule has 2 rings (SSSR count). The molecule has 9 heteroatoms. The first kappa shape index (κ1) is 21.0. The van der Waals surface area contributed by atoms with Crippen molar-refractivity contribution in [1.82, 2.24) is 0 Å². The van der Waals surface area contributed by atoms with Gasteiger partial charge in [0.2, 0.25) is 0 Å². The van der Waals surface area contributed by atoms with Crippen molar-refractivity contribution in [3.8, 4) is 0 Å². The fourth-order valence-electron chi connectivity index (χ4n) is 2.29. The van der Waals surface area contributed by atoms with Crippen molar-refractivity contribution in [3.63, 3.8) is 0 Å². The van der Waals surface area contributed by atoms with Crippen LogP contribution in [-0.2, 0) is 25.2 Å². The van der Waals surface area contributed by atoms with Crippen molar-refractivity contribution in [2.75, 3.05) is 0 Å². The third-order valence-electron chi connectivity index (χ3n) is 3.43. The van der Waals surface area contributed by atoms with Gasteiger partial charge in [-0.15, -0.1) is 0 Å². The topological polar surface area (TPSA) is 0 Å². The molecule has 0 aliphatic heterocycles. The Bertz CT molecular complexity index is 795. The van der Waals surface area contributed by atoms with Gasteiger partial charge in [-0.1, -0.05) is 41.5 Å². The Morgan fingerprint density at radius 1 is 0.731 bits per heavy atom. The van der Waals surface area contributed by atoms with E-state index in [0.29, 0.717) is 22.7 Å². The van der Waals surface area contributed by atoms with Crippen molar-refractivity contribution < 1.29 is 26.3 Å². The molecule has 0 N–H and O–H groups in total. The molecule has 0 bridgehead atoms. The van der Waals surface area contributed by atoms with Crippen LogP contribution in [-0.4, -0.2) is 4.86 Å². The lowest BCUT2D eigenvalue weighted by molar-refractivity contribution is -0.143. The number of halogens is 8. The molecule has 0 amide bonds. The molecule has 2 aromatic rings. The van der Waals surface area contributed by atoms with Crippen LogP contribution in [0.15, 0.2) is 36.4 Å². The number of hydrogen-bond acceptors (Lipinski definition) is 1. The van der Waals surface area contributed by atoms with Crippen LogP contribution in [0, 0.1) is 0 Å². The van der Waals surface area contributed by atoms with Gasteiger partial charge in [-0.05, 0) is 41.5 Å². The molecule has 0 heterocycles. The van der Waals surface area contributed by atoms with E-state index in [9.17, 15) is 26.3 Å². The zero-order chi connectivity index (χ0) is 19.7. The molecule has 140 valence electrons. The van der Waals surface area contributed by atoms with Crippen molar-refractivity contribution in [1.29, 1.82) is 0 Å². The Kier molecular flexibility index (Phi) is 6.25. The largest absolute Gasteiger partial charge is 0.416 e. The van der Waals surface area contributed by atoms with Crippen LogP contribution in [0.5, 0.6) is 0 Å². The molecule has 0 saturated heterocycles. The maximum Gasteiger partial charge on any atom is 0.416 e. The SMILES string of the molecule is FC(F)(F)c1cc(CC(=S)Cc2ccc(Cl)c(Cl)c2)cc(C(F)(F)F)c1. The van der Waals surface area contributed by atoms with E-state index in [-0.39, 0.29) is 34.4 Å². The summed E-state index contributed by atoms with van der Waals surface area (Å²) >= 11 is 16.8. The Hall–Kier alpha value is -1.31. The molecule has 0 atom stereocenters. The average molecular weight is 431 g/mol. The highest BCUT2D eigenvalue weighted by Gasteiger charge is 2.36. The van der Waals surface area contributed by atoms with Crippen molar-refractivity contribution in [2.45, 2.75) is 25.2 Å². The highest BCUT2D eigenvalue weighted by molar-refractivity contribution is 7.80. The van der Waals surface area contributed by atoms with Crippen LogP contribution < -0.4 is 0 Å². The standard InChI is InChI=1S/C17H10Cl2F6S/c18-14-2-1-9(7-15(14)19)5-13(26)6-10-3-11(16(20,21)22)8-12(4-10)17(23,24)25/h1-4,7-8H,5-6H2. The third kappa shape index (κ3) is 5.59. The van der Waals surface area contributed by atoms with E-state index in [4.69, 9.17) is 35.4 Å². The van der Waals surface area contributed by atoms with Gasteiger partial charge >= 0.3 is 12.4 Å². The summed E-state index contributed by atoms with van der Waals surface area (Å²) in [5, 5.41) is 0.611. The first-order valence-electron chi connectivity index (χ1n) is 7.10. The van der Waals surface area contributed by atoms with Crippen LogP contribution >= 0.6 is 35.4 Å². The number of alkyl halides is 6. The highest BCUT2D eigenvalue weighted by atomic mass is 35.5. The van der Waals surface area contributed by atoms with E-state index >= 15 is 0 Å². The molecule has 0 fully saturated rings. The van der Waals surface area contributed by atoms with E-state index in [2.05, 4.69) is 0 Å². The van der Waals surface area contributed by atoms with Crippen LogP contribution in [0.4, 0.5) is 26.3 Å². The van der Waals surface area contributed by atoms with Gasteiger partial charge in [0.05, 0.1) is 21.2 Å². The van der Waals surface area contributed by atoms with Crippen LogP contribution in [0.2, 0.25) is 10.0 Å². The summed E-state index contributed by atoms with van der Waals surface area (Å²) in [6, 6.07) is 6.16. The minimum atomic E-state index is -4.89. The normalized spacial score (nSPS) is 12.3. The smallest absolute Gasteiger partial charge is 0.166 e. The Morgan fingerprint density at radius 3 is 1.69 bits per heavy atom. The average Bonchev–Trinajstić information content (AvgIpc) is 2.49. The van der Waals surface area contributed by atoms with Gasteiger partial charge in [0, 0.05) is 17.7 Å². The first-order valence-corrected chi connectivity index (χ1v) is 8.26. The van der Waals surface area contributed by atoms with Crippen molar-refractivity contribution in [3.05, 3.63) is 68.7 Å². The second-order valence-corrected chi connectivity index (χ2v) is 6.95. The summed E-state index contributed by atoms with van der Waals surface area (Å²) in [4.78, 5) is 0.274. The fourth-order valence-corrected chi connectivity index (χ4v) is 2.94. The van der Waals surface area contributed by atoms with E-state index < -0.39 is 23.5 Å². The summed E-state index contributed by atoms with van der Waals surface area (Å²) in [5.74, 6) is 0. The predicted octanol–water partition coefficient (Wildman–Crippen LogP) is 7.19. The molecule has 0 radical (unpaired) electrons. The maximum absolute atomic E-state index is 12.9. The molecular weight excluding hydrogens is 421 g/mol. The second-order valence-electron chi connectivity index (χ2n) is 5.55.